The Bertz CT molecular complexity index is 633. The molecular formula is C12H11NO3S. The molecule has 4 nitrogen and oxygen atoms in total. The van der Waals surface area contributed by atoms with E-state index in [4.69, 9.17) is 10.3 Å². The van der Waals surface area contributed by atoms with Crippen molar-refractivity contribution in [3.05, 3.63) is 48.5 Å². The van der Waals surface area contributed by atoms with E-state index in [9.17, 15) is 8.42 Å². The molecule has 0 aliphatic heterocycles. The molecule has 0 saturated heterocycles. The molecule has 0 saturated carbocycles. The van der Waals surface area contributed by atoms with Crippen LogP contribution < -0.4 is 5.73 Å². The van der Waals surface area contributed by atoms with Gasteiger partial charge in [-0.15, -0.1) is 0 Å². The lowest BCUT2D eigenvalue weighted by atomic mass is 10.1. The molecule has 0 aliphatic rings. The first kappa shape index (κ1) is 11.6. The molecule has 0 aliphatic carbocycles. The van der Waals surface area contributed by atoms with Crippen molar-refractivity contribution in [3.8, 4) is 11.1 Å². The van der Waals surface area contributed by atoms with Crippen LogP contribution in [0.1, 0.15) is 0 Å². The molecular weight excluding hydrogens is 238 g/mol. The number of nitrogens with two attached hydrogens (primary N) is 1. The Hall–Kier alpha value is -1.85. The molecule has 0 spiro atoms. The molecule has 0 atom stereocenters. The van der Waals surface area contributed by atoms with Gasteiger partial charge in [0, 0.05) is 5.69 Å². The van der Waals surface area contributed by atoms with Crippen LogP contribution in [0, 0.1) is 0 Å². The quantitative estimate of drug-likeness (QED) is 0.631. The molecule has 0 heterocycles. The molecule has 0 unspecified atom stereocenters. The van der Waals surface area contributed by atoms with Crippen LogP contribution >= 0.6 is 0 Å². The van der Waals surface area contributed by atoms with E-state index in [0.717, 1.165) is 5.56 Å². The van der Waals surface area contributed by atoms with Gasteiger partial charge in [-0.1, -0.05) is 24.3 Å². The number of nitrogen functional groups attached to an aromatic ring is 1. The van der Waals surface area contributed by atoms with Gasteiger partial charge in [-0.2, -0.15) is 8.42 Å². The molecule has 2 aromatic rings. The van der Waals surface area contributed by atoms with E-state index in [1.54, 1.807) is 36.4 Å². The topological polar surface area (TPSA) is 80.4 Å². The monoisotopic (exact) mass is 249 g/mol. The van der Waals surface area contributed by atoms with Gasteiger partial charge in [-0.3, -0.25) is 4.55 Å². The number of hydrogen-bond acceptors (Lipinski definition) is 3. The fraction of sp³-hybridized carbons (Fsp3) is 0. The highest BCUT2D eigenvalue weighted by atomic mass is 32.2. The lowest BCUT2D eigenvalue weighted by Gasteiger charge is -2.04. The maximum absolute atomic E-state index is 11.0. The Morgan fingerprint density at radius 1 is 0.941 bits per heavy atom. The van der Waals surface area contributed by atoms with Gasteiger partial charge < -0.3 is 5.73 Å². The standard InChI is InChI=1S/C12H11NO3S/c13-11-6-4-9(5-7-11)10-2-1-3-12(8-10)17(14,15)16/h1-8H,13H2,(H,14,15,16). The Kier molecular flexibility index (Phi) is 2.87. The zero-order valence-electron chi connectivity index (χ0n) is 8.87. The second-order valence-electron chi connectivity index (χ2n) is 3.62. The largest absolute Gasteiger partial charge is 0.399 e. The average molecular weight is 249 g/mol. The molecule has 0 fully saturated rings. The SMILES string of the molecule is Nc1ccc(-c2cccc(S(=O)(=O)O)c2)cc1. The predicted octanol–water partition coefficient (Wildman–Crippen LogP) is 2.18. The molecule has 0 bridgehead atoms. The third-order valence-electron chi connectivity index (χ3n) is 2.38. The van der Waals surface area contributed by atoms with E-state index in [-0.39, 0.29) is 4.90 Å². The summed E-state index contributed by atoms with van der Waals surface area (Å²) in [5, 5.41) is 0. The smallest absolute Gasteiger partial charge is 0.294 e. The molecule has 88 valence electrons. The molecule has 3 N–H and O–H groups in total. The average Bonchev–Trinajstić information content (AvgIpc) is 2.29. The Morgan fingerprint density at radius 3 is 2.18 bits per heavy atom. The highest BCUT2D eigenvalue weighted by Crippen LogP contribution is 2.23. The third-order valence-corrected chi connectivity index (χ3v) is 3.23. The van der Waals surface area contributed by atoms with Gasteiger partial charge in [-0.25, -0.2) is 0 Å². The van der Waals surface area contributed by atoms with Crippen LogP contribution in [0.3, 0.4) is 0 Å². The van der Waals surface area contributed by atoms with Crippen molar-refractivity contribution in [1.29, 1.82) is 0 Å². The minimum atomic E-state index is -4.17. The van der Waals surface area contributed by atoms with E-state index >= 15 is 0 Å². The van der Waals surface area contributed by atoms with Crippen molar-refractivity contribution >= 4 is 15.8 Å². The summed E-state index contributed by atoms with van der Waals surface area (Å²) in [7, 11) is -4.17. The molecule has 0 radical (unpaired) electrons. The van der Waals surface area contributed by atoms with Gasteiger partial charge >= 0.3 is 0 Å². The number of benzene rings is 2. The Morgan fingerprint density at radius 2 is 1.59 bits per heavy atom. The number of hydrogen-bond donors (Lipinski definition) is 2. The zero-order chi connectivity index (χ0) is 12.5. The summed E-state index contributed by atoms with van der Waals surface area (Å²) in [5.41, 5.74) is 7.75. The van der Waals surface area contributed by atoms with Crippen LogP contribution in [0.5, 0.6) is 0 Å². The third kappa shape index (κ3) is 2.64. The van der Waals surface area contributed by atoms with Gasteiger partial charge in [0.15, 0.2) is 0 Å². The summed E-state index contributed by atoms with van der Waals surface area (Å²) in [5.74, 6) is 0. The minimum Gasteiger partial charge on any atom is -0.399 e. The van der Waals surface area contributed by atoms with Crippen molar-refractivity contribution in [2.45, 2.75) is 4.90 Å². The van der Waals surface area contributed by atoms with E-state index < -0.39 is 10.1 Å². The van der Waals surface area contributed by atoms with Crippen molar-refractivity contribution < 1.29 is 13.0 Å². The maximum atomic E-state index is 11.0. The fourth-order valence-electron chi connectivity index (χ4n) is 1.51. The summed E-state index contributed by atoms with van der Waals surface area (Å²) in [6.07, 6.45) is 0. The van der Waals surface area contributed by atoms with Crippen LogP contribution in [0.25, 0.3) is 11.1 Å². The van der Waals surface area contributed by atoms with Crippen LogP contribution in [0.4, 0.5) is 5.69 Å². The van der Waals surface area contributed by atoms with E-state index in [1.165, 1.54) is 12.1 Å². The number of anilines is 1. The Labute approximate surface area is 99.5 Å². The molecule has 0 aromatic heterocycles. The van der Waals surface area contributed by atoms with Crippen LogP contribution in [-0.4, -0.2) is 13.0 Å². The highest BCUT2D eigenvalue weighted by molar-refractivity contribution is 7.85. The summed E-state index contributed by atoms with van der Waals surface area (Å²) in [6.45, 7) is 0. The van der Waals surface area contributed by atoms with Crippen LogP contribution in [-0.2, 0) is 10.1 Å². The fourth-order valence-corrected chi connectivity index (χ4v) is 2.04. The minimum absolute atomic E-state index is 0.119. The zero-order valence-corrected chi connectivity index (χ0v) is 9.68. The second-order valence-corrected chi connectivity index (χ2v) is 5.05. The van der Waals surface area contributed by atoms with Crippen LogP contribution in [0.2, 0.25) is 0 Å². The molecule has 2 rings (SSSR count). The van der Waals surface area contributed by atoms with Crippen molar-refractivity contribution in [2.75, 3.05) is 5.73 Å². The summed E-state index contributed by atoms with van der Waals surface area (Å²) in [4.78, 5) is -0.119. The predicted molar refractivity (Wildman–Crippen MR) is 66.1 cm³/mol. The number of rotatable bonds is 2. The Balaban J connectivity index is 2.50. The summed E-state index contributed by atoms with van der Waals surface area (Å²) >= 11 is 0. The van der Waals surface area contributed by atoms with Crippen molar-refractivity contribution in [2.24, 2.45) is 0 Å². The van der Waals surface area contributed by atoms with Gasteiger partial charge in [0.1, 0.15) is 0 Å². The molecule has 17 heavy (non-hydrogen) atoms. The van der Waals surface area contributed by atoms with E-state index in [0.29, 0.717) is 11.3 Å². The van der Waals surface area contributed by atoms with E-state index in [2.05, 4.69) is 0 Å². The first-order valence-electron chi connectivity index (χ1n) is 4.90. The van der Waals surface area contributed by atoms with Gasteiger partial charge in [-0.05, 0) is 35.4 Å². The van der Waals surface area contributed by atoms with Gasteiger partial charge in [0.25, 0.3) is 10.1 Å². The first-order chi connectivity index (χ1) is 7.97. The summed E-state index contributed by atoms with van der Waals surface area (Å²) < 4.78 is 31.0. The first-order valence-corrected chi connectivity index (χ1v) is 6.34. The highest BCUT2D eigenvalue weighted by Gasteiger charge is 2.09. The van der Waals surface area contributed by atoms with Crippen molar-refractivity contribution in [1.82, 2.24) is 0 Å². The molecule has 5 heteroatoms. The van der Waals surface area contributed by atoms with Gasteiger partial charge in [0.05, 0.1) is 4.90 Å². The van der Waals surface area contributed by atoms with Crippen molar-refractivity contribution in [3.63, 3.8) is 0 Å². The molecule has 2 aromatic carbocycles. The lowest BCUT2D eigenvalue weighted by molar-refractivity contribution is 0.483. The normalized spacial score (nSPS) is 11.4. The molecule has 0 amide bonds. The van der Waals surface area contributed by atoms with Gasteiger partial charge in [0.2, 0.25) is 0 Å². The second kappa shape index (κ2) is 4.20. The summed E-state index contributed by atoms with van der Waals surface area (Å²) in [6, 6.07) is 13.1. The van der Waals surface area contributed by atoms with E-state index in [1.807, 2.05) is 0 Å². The van der Waals surface area contributed by atoms with Crippen LogP contribution in [0.15, 0.2) is 53.4 Å². The lowest BCUT2D eigenvalue weighted by Crippen LogP contribution is -1.97. The maximum Gasteiger partial charge on any atom is 0.294 e.